The Balaban J connectivity index is 1.82. The first-order valence-corrected chi connectivity index (χ1v) is 8.85. The summed E-state index contributed by atoms with van der Waals surface area (Å²) in [5.74, 6) is -0.261. The Morgan fingerprint density at radius 3 is 2.60 bits per heavy atom. The van der Waals surface area contributed by atoms with Crippen LogP contribution in [0.5, 0.6) is 0 Å². The second-order valence-corrected chi connectivity index (χ2v) is 7.02. The van der Waals surface area contributed by atoms with E-state index in [0.29, 0.717) is 12.5 Å². The molecule has 1 heterocycles. The number of benzene rings is 2. The van der Waals surface area contributed by atoms with Crippen LogP contribution in [0, 0.1) is 17.7 Å². The van der Waals surface area contributed by atoms with Gasteiger partial charge in [0.15, 0.2) is 0 Å². The van der Waals surface area contributed by atoms with Crippen LogP contribution in [0.1, 0.15) is 43.5 Å². The largest absolute Gasteiger partial charge is 0.335 e. The van der Waals surface area contributed by atoms with Crippen molar-refractivity contribution in [2.45, 2.75) is 32.4 Å². The summed E-state index contributed by atoms with van der Waals surface area (Å²) >= 11 is 0. The Morgan fingerprint density at radius 1 is 1.20 bits per heavy atom. The van der Waals surface area contributed by atoms with E-state index in [1.807, 2.05) is 48.2 Å². The van der Waals surface area contributed by atoms with Crippen molar-refractivity contribution in [1.29, 1.82) is 0 Å². The molecule has 0 saturated carbocycles. The average Bonchev–Trinajstić information content (AvgIpc) is 3.02. The van der Waals surface area contributed by atoms with Gasteiger partial charge in [-0.2, -0.15) is 0 Å². The number of nitrogens with zero attached hydrogens (tertiary/aromatic N) is 1. The summed E-state index contributed by atoms with van der Waals surface area (Å²) in [6.07, 6.45) is 0.917. The van der Waals surface area contributed by atoms with E-state index in [9.17, 15) is 9.18 Å². The number of carbonyl (C=O) groups excluding carboxylic acids is 1. The fourth-order valence-corrected chi connectivity index (χ4v) is 3.77. The summed E-state index contributed by atoms with van der Waals surface area (Å²) in [5.41, 5.74) is 8.16. The summed E-state index contributed by atoms with van der Waals surface area (Å²) in [5, 5.41) is 0. The van der Waals surface area contributed by atoms with Crippen molar-refractivity contribution in [3.8, 4) is 0 Å². The number of hydrogen-bond donors (Lipinski definition) is 1. The Hall–Kier alpha value is -2.20. The molecule has 132 valence electrons. The van der Waals surface area contributed by atoms with Gasteiger partial charge in [0.1, 0.15) is 5.82 Å². The van der Waals surface area contributed by atoms with Gasteiger partial charge in [0.25, 0.3) is 0 Å². The Kier molecular flexibility index (Phi) is 5.19. The first-order chi connectivity index (χ1) is 12.0. The third-order valence-corrected chi connectivity index (χ3v) is 5.29. The Bertz CT molecular complexity index is 734. The molecule has 0 spiro atoms. The summed E-state index contributed by atoms with van der Waals surface area (Å²) in [4.78, 5) is 15.0. The van der Waals surface area contributed by atoms with Crippen LogP contribution in [0.4, 0.5) is 4.39 Å². The third-order valence-electron chi connectivity index (χ3n) is 5.29. The van der Waals surface area contributed by atoms with Crippen molar-refractivity contribution < 1.29 is 9.18 Å². The highest BCUT2D eigenvalue weighted by molar-refractivity contribution is 5.80. The van der Waals surface area contributed by atoms with Gasteiger partial charge >= 0.3 is 0 Å². The summed E-state index contributed by atoms with van der Waals surface area (Å²) in [6, 6.07) is 15.8. The second kappa shape index (κ2) is 7.36. The number of nitrogens with two attached hydrogens (primary N) is 1. The molecule has 25 heavy (non-hydrogen) atoms. The predicted octanol–water partition coefficient (Wildman–Crippen LogP) is 4.07. The molecule has 4 atom stereocenters. The van der Waals surface area contributed by atoms with Crippen molar-refractivity contribution in [2.24, 2.45) is 17.6 Å². The molecule has 1 aliphatic heterocycles. The van der Waals surface area contributed by atoms with E-state index in [-0.39, 0.29) is 29.7 Å². The van der Waals surface area contributed by atoms with Gasteiger partial charge in [-0.3, -0.25) is 4.79 Å². The van der Waals surface area contributed by atoms with Crippen LogP contribution in [0.3, 0.4) is 0 Å². The molecule has 3 rings (SSSR count). The zero-order valence-electron chi connectivity index (χ0n) is 14.7. The van der Waals surface area contributed by atoms with Crippen molar-refractivity contribution in [2.75, 3.05) is 6.54 Å². The number of halogens is 1. The quantitative estimate of drug-likeness (QED) is 0.912. The minimum absolute atomic E-state index is 0.0370. The van der Waals surface area contributed by atoms with Crippen LogP contribution in [-0.4, -0.2) is 17.4 Å². The van der Waals surface area contributed by atoms with Crippen LogP contribution in [-0.2, 0) is 4.79 Å². The van der Waals surface area contributed by atoms with Crippen molar-refractivity contribution in [3.63, 3.8) is 0 Å². The number of likely N-dealkylation sites (tertiary alicyclic amines) is 1. The highest BCUT2D eigenvalue weighted by atomic mass is 19.1. The topological polar surface area (TPSA) is 46.3 Å². The molecule has 2 aromatic carbocycles. The lowest BCUT2D eigenvalue weighted by Crippen LogP contribution is -2.39. The van der Waals surface area contributed by atoms with E-state index in [1.54, 1.807) is 6.07 Å². The van der Waals surface area contributed by atoms with E-state index in [2.05, 4.69) is 6.92 Å². The van der Waals surface area contributed by atoms with E-state index in [1.165, 1.54) is 12.1 Å². The third kappa shape index (κ3) is 3.59. The van der Waals surface area contributed by atoms with E-state index in [4.69, 9.17) is 5.73 Å². The van der Waals surface area contributed by atoms with Gasteiger partial charge in [0.05, 0.1) is 12.0 Å². The summed E-state index contributed by atoms with van der Waals surface area (Å²) < 4.78 is 13.7. The van der Waals surface area contributed by atoms with E-state index >= 15 is 0 Å². The standard InChI is InChI=1S/C21H25FN2O/c1-14-11-12-24(20(14)17-9-6-10-18(22)13-17)21(25)15(2)19(23)16-7-4-3-5-8-16/h3-10,13-15,19-20H,11-12,23H2,1-2H3. The fourth-order valence-electron chi connectivity index (χ4n) is 3.77. The van der Waals surface area contributed by atoms with Crippen molar-refractivity contribution in [1.82, 2.24) is 4.90 Å². The minimum atomic E-state index is -0.349. The fraction of sp³-hybridized carbons (Fsp3) is 0.381. The zero-order valence-corrected chi connectivity index (χ0v) is 14.7. The molecule has 2 N–H and O–H groups in total. The minimum Gasteiger partial charge on any atom is -0.335 e. The monoisotopic (exact) mass is 340 g/mol. The molecular formula is C21H25FN2O. The van der Waals surface area contributed by atoms with Crippen molar-refractivity contribution in [3.05, 3.63) is 71.5 Å². The van der Waals surface area contributed by atoms with Crippen LogP contribution in [0.15, 0.2) is 54.6 Å². The maximum absolute atomic E-state index is 13.7. The maximum Gasteiger partial charge on any atom is 0.227 e. The van der Waals surface area contributed by atoms with Gasteiger partial charge in [-0.1, -0.05) is 56.3 Å². The SMILES string of the molecule is CC1CCN(C(=O)C(C)C(N)c2ccccc2)C1c1cccc(F)c1. The average molecular weight is 340 g/mol. The smallest absolute Gasteiger partial charge is 0.227 e. The lowest BCUT2D eigenvalue weighted by molar-refractivity contribution is -0.137. The Morgan fingerprint density at radius 2 is 1.92 bits per heavy atom. The zero-order chi connectivity index (χ0) is 18.0. The van der Waals surface area contributed by atoms with Gasteiger partial charge in [-0.15, -0.1) is 0 Å². The van der Waals surface area contributed by atoms with Crippen LogP contribution in [0.2, 0.25) is 0 Å². The lowest BCUT2D eigenvalue weighted by atomic mass is 9.92. The van der Waals surface area contributed by atoms with Gasteiger partial charge in [-0.05, 0) is 35.6 Å². The molecule has 4 unspecified atom stereocenters. The molecule has 1 saturated heterocycles. The van der Waals surface area contributed by atoms with Crippen LogP contribution < -0.4 is 5.73 Å². The summed E-state index contributed by atoms with van der Waals surface area (Å²) in [6.45, 7) is 4.68. The number of hydrogen-bond acceptors (Lipinski definition) is 2. The summed E-state index contributed by atoms with van der Waals surface area (Å²) in [7, 11) is 0. The number of amides is 1. The molecule has 0 bridgehead atoms. The highest BCUT2D eigenvalue weighted by Crippen LogP contribution is 2.39. The lowest BCUT2D eigenvalue weighted by Gasteiger charge is -2.31. The predicted molar refractivity (Wildman–Crippen MR) is 97.2 cm³/mol. The molecule has 1 amide bonds. The molecule has 1 aliphatic rings. The first kappa shape index (κ1) is 17.6. The number of carbonyl (C=O) groups is 1. The van der Waals surface area contributed by atoms with Gasteiger partial charge < -0.3 is 10.6 Å². The second-order valence-electron chi connectivity index (χ2n) is 7.02. The van der Waals surface area contributed by atoms with Crippen molar-refractivity contribution >= 4 is 5.91 Å². The molecule has 3 nitrogen and oxygen atoms in total. The highest BCUT2D eigenvalue weighted by Gasteiger charge is 2.38. The van der Waals surface area contributed by atoms with Gasteiger partial charge in [-0.25, -0.2) is 4.39 Å². The molecule has 2 aromatic rings. The van der Waals surface area contributed by atoms with E-state index < -0.39 is 0 Å². The van der Waals surface area contributed by atoms with E-state index in [0.717, 1.165) is 17.5 Å². The molecule has 4 heteroatoms. The van der Waals surface area contributed by atoms with Gasteiger partial charge in [0.2, 0.25) is 5.91 Å². The maximum atomic E-state index is 13.7. The normalized spacial score (nSPS) is 22.6. The molecule has 1 fully saturated rings. The molecule has 0 aromatic heterocycles. The van der Waals surface area contributed by atoms with Gasteiger partial charge in [0, 0.05) is 12.6 Å². The van der Waals surface area contributed by atoms with Crippen LogP contribution >= 0.6 is 0 Å². The van der Waals surface area contributed by atoms with Crippen LogP contribution in [0.25, 0.3) is 0 Å². The Labute approximate surface area is 148 Å². The molecule has 0 aliphatic carbocycles. The molecule has 0 radical (unpaired) electrons. The molecular weight excluding hydrogens is 315 g/mol. The first-order valence-electron chi connectivity index (χ1n) is 8.85. The number of rotatable bonds is 4.